The maximum Gasteiger partial charge on any atom is 0.305 e. The largest absolute Gasteiger partial charge is 0.327 e. The van der Waals surface area contributed by atoms with E-state index in [9.17, 15) is 13.2 Å². The van der Waals surface area contributed by atoms with Gasteiger partial charge in [-0.3, -0.25) is 4.79 Å². The molecule has 1 heterocycles. The normalized spacial score (nSPS) is 13.9. The monoisotopic (exact) mass is 265 g/mol. The molecular weight excluding hydrogens is 250 g/mol. The molecule has 92 valence electrons. The number of aromatic nitrogens is 1. The molecule has 0 aliphatic rings. The van der Waals surface area contributed by atoms with Gasteiger partial charge in [0.05, 0.1) is 0 Å². The maximum atomic E-state index is 11.8. The number of rotatable bonds is 5. The van der Waals surface area contributed by atoms with Crippen molar-refractivity contribution in [2.75, 3.05) is 6.54 Å². The lowest BCUT2D eigenvalue weighted by Crippen LogP contribution is -2.36. The second kappa shape index (κ2) is 5.09. The predicted molar refractivity (Wildman–Crippen MR) is 63.1 cm³/mol. The summed E-state index contributed by atoms with van der Waals surface area (Å²) >= 11 is 0.678. The number of nitrogens with one attached hydrogen (secondary N) is 2. The molecule has 16 heavy (non-hydrogen) atoms. The number of aryl methyl sites for hydroxylation is 1. The molecule has 0 aliphatic heterocycles. The Bertz CT molecular complexity index is 503. The first-order chi connectivity index (χ1) is 7.36. The third-order valence-corrected chi connectivity index (χ3v) is 5.11. The van der Waals surface area contributed by atoms with E-state index < -0.39 is 10.0 Å². The zero-order chi connectivity index (χ0) is 12.3. The highest BCUT2D eigenvalue weighted by Gasteiger charge is 2.20. The lowest BCUT2D eigenvalue weighted by atomic mass is 10.2. The Hall–Kier alpha value is -0.700. The Balaban J connectivity index is 2.86. The van der Waals surface area contributed by atoms with E-state index in [2.05, 4.69) is 9.71 Å². The van der Waals surface area contributed by atoms with Gasteiger partial charge in [-0.25, -0.2) is 13.1 Å². The van der Waals surface area contributed by atoms with E-state index in [-0.39, 0.29) is 21.7 Å². The summed E-state index contributed by atoms with van der Waals surface area (Å²) in [5.74, 6) is 0. The fraction of sp³-hybridized carbons (Fsp3) is 0.625. The molecule has 0 radical (unpaired) electrons. The van der Waals surface area contributed by atoms with Gasteiger partial charge in [-0.1, -0.05) is 18.3 Å². The molecule has 1 aromatic heterocycles. The average molecular weight is 265 g/mol. The first kappa shape index (κ1) is 13.4. The second-order valence-electron chi connectivity index (χ2n) is 3.45. The minimum absolute atomic E-state index is 0.0285. The number of nitrogens with two attached hydrogens (primary N) is 1. The highest BCUT2D eigenvalue weighted by molar-refractivity contribution is 7.91. The minimum Gasteiger partial charge on any atom is -0.327 e. The number of hydrogen-bond donors (Lipinski definition) is 3. The molecule has 0 spiro atoms. The zero-order valence-electron chi connectivity index (χ0n) is 9.11. The number of thiazole rings is 1. The SMILES string of the molecule is CCC(N)CNS(=O)(=O)c1sc(=O)[nH]c1C. The van der Waals surface area contributed by atoms with Crippen LogP contribution < -0.4 is 15.3 Å². The third kappa shape index (κ3) is 3.14. The van der Waals surface area contributed by atoms with Crippen molar-refractivity contribution in [1.29, 1.82) is 0 Å². The first-order valence-electron chi connectivity index (χ1n) is 4.81. The van der Waals surface area contributed by atoms with Gasteiger partial charge < -0.3 is 10.7 Å². The highest BCUT2D eigenvalue weighted by atomic mass is 32.2. The Kier molecular flexibility index (Phi) is 4.25. The van der Waals surface area contributed by atoms with E-state index in [1.807, 2.05) is 6.92 Å². The van der Waals surface area contributed by atoms with Gasteiger partial charge in [-0.05, 0) is 13.3 Å². The molecule has 0 amide bonds. The van der Waals surface area contributed by atoms with Crippen LogP contribution in [-0.4, -0.2) is 26.0 Å². The van der Waals surface area contributed by atoms with Crippen LogP contribution in [0, 0.1) is 6.92 Å². The molecule has 0 aromatic carbocycles. The van der Waals surface area contributed by atoms with Crippen molar-refractivity contribution in [3.63, 3.8) is 0 Å². The van der Waals surface area contributed by atoms with E-state index in [1.165, 1.54) is 0 Å². The van der Waals surface area contributed by atoms with Crippen molar-refractivity contribution >= 4 is 21.4 Å². The molecule has 8 heteroatoms. The summed E-state index contributed by atoms with van der Waals surface area (Å²) in [4.78, 5) is 13.0. The Morgan fingerprint density at radius 2 is 2.19 bits per heavy atom. The molecule has 0 bridgehead atoms. The van der Waals surface area contributed by atoms with Crippen molar-refractivity contribution in [2.45, 2.75) is 30.5 Å². The van der Waals surface area contributed by atoms with Crippen LogP contribution in [0.25, 0.3) is 0 Å². The van der Waals surface area contributed by atoms with Crippen LogP contribution in [0.1, 0.15) is 19.0 Å². The Morgan fingerprint density at radius 1 is 1.56 bits per heavy atom. The van der Waals surface area contributed by atoms with Crippen molar-refractivity contribution < 1.29 is 8.42 Å². The van der Waals surface area contributed by atoms with Crippen molar-refractivity contribution in [3.05, 3.63) is 15.4 Å². The molecule has 0 aliphatic carbocycles. The Labute approximate surface area is 97.9 Å². The van der Waals surface area contributed by atoms with Gasteiger partial charge in [0, 0.05) is 18.3 Å². The van der Waals surface area contributed by atoms with Gasteiger partial charge in [0.15, 0.2) is 4.21 Å². The first-order valence-corrected chi connectivity index (χ1v) is 7.11. The minimum atomic E-state index is -3.62. The van der Waals surface area contributed by atoms with E-state index in [0.717, 1.165) is 0 Å². The van der Waals surface area contributed by atoms with Crippen molar-refractivity contribution in [1.82, 2.24) is 9.71 Å². The quantitative estimate of drug-likeness (QED) is 0.683. The summed E-state index contributed by atoms with van der Waals surface area (Å²) in [6.07, 6.45) is 0.685. The number of H-pyrrole nitrogens is 1. The molecule has 1 atom stereocenters. The summed E-state index contributed by atoms with van der Waals surface area (Å²) < 4.78 is 26.0. The fourth-order valence-electron chi connectivity index (χ4n) is 1.07. The summed E-state index contributed by atoms with van der Waals surface area (Å²) in [7, 11) is -3.62. The lowest BCUT2D eigenvalue weighted by Gasteiger charge is -2.09. The average Bonchev–Trinajstić information content (AvgIpc) is 2.55. The van der Waals surface area contributed by atoms with E-state index in [4.69, 9.17) is 5.73 Å². The van der Waals surface area contributed by atoms with Crippen LogP contribution in [0.15, 0.2) is 9.00 Å². The van der Waals surface area contributed by atoms with Crippen molar-refractivity contribution in [3.8, 4) is 0 Å². The predicted octanol–water partition coefficient (Wildman–Crippen LogP) is -0.240. The van der Waals surface area contributed by atoms with Gasteiger partial charge in [0.25, 0.3) is 10.0 Å². The molecule has 1 aromatic rings. The van der Waals surface area contributed by atoms with Crippen LogP contribution in [0.3, 0.4) is 0 Å². The van der Waals surface area contributed by atoms with Crippen LogP contribution in [-0.2, 0) is 10.0 Å². The topological polar surface area (TPSA) is 105 Å². The molecule has 1 rings (SSSR count). The molecule has 4 N–H and O–H groups in total. The van der Waals surface area contributed by atoms with Crippen LogP contribution in [0.5, 0.6) is 0 Å². The van der Waals surface area contributed by atoms with Gasteiger partial charge in [0.1, 0.15) is 0 Å². The molecule has 0 saturated carbocycles. The molecule has 6 nitrogen and oxygen atoms in total. The van der Waals surface area contributed by atoms with E-state index in [0.29, 0.717) is 23.5 Å². The zero-order valence-corrected chi connectivity index (χ0v) is 10.7. The fourth-order valence-corrected chi connectivity index (χ4v) is 3.51. The van der Waals surface area contributed by atoms with E-state index >= 15 is 0 Å². The highest BCUT2D eigenvalue weighted by Crippen LogP contribution is 2.15. The van der Waals surface area contributed by atoms with E-state index in [1.54, 1.807) is 6.92 Å². The smallest absolute Gasteiger partial charge is 0.305 e. The molecule has 0 fully saturated rings. The molecule has 1 unspecified atom stereocenters. The summed E-state index contributed by atoms with van der Waals surface area (Å²) in [6, 6.07) is -0.217. The number of aromatic amines is 1. The summed E-state index contributed by atoms with van der Waals surface area (Å²) in [6.45, 7) is 3.59. The summed E-state index contributed by atoms with van der Waals surface area (Å²) in [5.41, 5.74) is 5.96. The van der Waals surface area contributed by atoms with Gasteiger partial charge in [-0.2, -0.15) is 0 Å². The second-order valence-corrected chi connectivity index (χ2v) is 6.39. The van der Waals surface area contributed by atoms with Gasteiger partial charge >= 0.3 is 4.87 Å². The number of sulfonamides is 1. The Morgan fingerprint density at radius 3 is 2.62 bits per heavy atom. The third-order valence-electron chi connectivity index (χ3n) is 2.09. The van der Waals surface area contributed by atoms with Crippen LogP contribution in [0.2, 0.25) is 0 Å². The van der Waals surface area contributed by atoms with Gasteiger partial charge in [-0.15, -0.1) is 0 Å². The maximum absolute atomic E-state index is 11.8. The summed E-state index contributed by atoms with van der Waals surface area (Å²) in [5, 5.41) is 0. The lowest BCUT2D eigenvalue weighted by molar-refractivity contribution is 0.565. The number of hydrogen-bond acceptors (Lipinski definition) is 5. The molecular formula is C8H15N3O3S2. The molecule has 0 saturated heterocycles. The van der Waals surface area contributed by atoms with Crippen molar-refractivity contribution in [2.24, 2.45) is 5.73 Å². The van der Waals surface area contributed by atoms with Gasteiger partial charge in [0.2, 0.25) is 0 Å². The van der Waals surface area contributed by atoms with Crippen LogP contribution in [0.4, 0.5) is 0 Å². The standard InChI is InChI=1S/C8H15N3O3S2/c1-3-6(9)4-10-16(13,14)7-5(2)11-8(12)15-7/h6,10H,3-4,9H2,1-2H3,(H,11,12). The van der Waals surface area contributed by atoms with Crippen LogP contribution >= 0.6 is 11.3 Å².